The molecule has 0 amide bonds. The summed E-state index contributed by atoms with van der Waals surface area (Å²) in [6, 6.07) is 14.3. The molecule has 2 N–H and O–H groups in total. The number of carbonyl (C=O) groups is 2. The molecule has 0 unspecified atom stereocenters. The summed E-state index contributed by atoms with van der Waals surface area (Å²) < 4.78 is 10.8. The van der Waals surface area contributed by atoms with E-state index in [1.165, 1.54) is 0 Å². The number of carbonyl (C=O) groups excluding carboxylic acids is 2. The number of phenols is 1. The van der Waals surface area contributed by atoms with Crippen LogP contribution in [0.1, 0.15) is 49.7 Å². The van der Waals surface area contributed by atoms with Gasteiger partial charge in [-0.1, -0.05) is 35.9 Å². The van der Waals surface area contributed by atoms with Crippen LogP contribution in [0.4, 0.5) is 0 Å². The zero-order chi connectivity index (χ0) is 24.2. The first-order valence-electron chi connectivity index (χ1n) is 11.4. The number of halogens is 1. The Bertz CT molecular complexity index is 1150. The minimum Gasteiger partial charge on any atom is -0.508 e. The number of hydrogen-bond acceptors (Lipinski definition) is 6. The van der Waals surface area contributed by atoms with Crippen LogP contribution in [-0.2, 0) is 19.1 Å². The molecule has 0 spiro atoms. The van der Waals surface area contributed by atoms with Gasteiger partial charge in [0.1, 0.15) is 12.4 Å². The van der Waals surface area contributed by atoms with Crippen molar-refractivity contribution in [3.8, 4) is 5.75 Å². The van der Waals surface area contributed by atoms with E-state index in [1.807, 2.05) is 44.2 Å². The highest BCUT2D eigenvalue weighted by Crippen LogP contribution is 2.46. The van der Waals surface area contributed by atoms with Crippen molar-refractivity contribution in [1.29, 1.82) is 0 Å². The van der Waals surface area contributed by atoms with Crippen molar-refractivity contribution >= 4 is 23.4 Å². The lowest BCUT2D eigenvalue weighted by atomic mass is 9.71. The predicted octanol–water partition coefficient (Wildman–Crippen LogP) is 4.99. The van der Waals surface area contributed by atoms with Crippen molar-refractivity contribution in [2.24, 2.45) is 0 Å². The van der Waals surface area contributed by atoms with E-state index in [4.69, 9.17) is 21.1 Å². The largest absolute Gasteiger partial charge is 0.508 e. The molecule has 0 radical (unpaired) electrons. The van der Waals surface area contributed by atoms with Crippen LogP contribution < -0.4 is 5.32 Å². The molecule has 6 nitrogen and oxygen atoms in total. The number of phenolic OH excluding ortho intramolecular Hbond substituents is 1. The molecule has 178 valence electrons. The van der Waals surface area contributed by atoms with Gasteiger partial charge in [-0.15, -0.1) is 0 Å². The Balaban J connectivity index is 1.71. The second-order valence-corrected chi connectivity index (χ2v) is 8.93. The van der Waals surface area contributed by atoms with Crippen LogP contribution in [-0.4, -0.2) is 36.7 Å². The van der Waals surface area contributed by atoms with Crippen LogP contribution in [0.15, 0.2) is 71.1 Å². The Kier molecular flexibility index (Phi) is 7.39. The SMILES string of the molecule is CCOCCOC(=O)C1=C(C)NC2=C(C(=O)C[C@H](c3ccc(Cl)cc3)C2)[C@H]1c1cccc(O)c1. The second kappa shape index (κ2) is 10.5. The highest BCUT2D eigenvalue weighted by atomic mass is 35.5. The van der Waals surface area contributed by atoms with Crippen molar-refractivity contribution in [3.05, 3.63) is 87.2 Å². The number of esters is 1. The fraction of sp³-hybridized carbons (Fsp3) is 0.333. The van der Waals surface area contributed by atoms with Gasteiger partial charge < -0.3 is 19.9 Å². The van der Waals surface area contributed by atoms with E-state index in [0.717, 1.165) is 11.3 Å². The first-order chi connectivity index (χ1) is 16.4. The minimum absolute atomic E-state index is 0.00772. The minimum atomic E-state index is -0.624. The Morgan fingerprint density at radius 1 is 1.12 bits per heavy atom. The average Bonchev–Trinajstić information content (AvgIpc) is 2.81. The lowest BCUT2D eigenvalue weighted by Gasteiger charge is -2.36. The van der Waals surface area contributed by atoms with Crippen LogP contribution in [0.3, 0.4) is 0 Å². The number of benzene rings is 2. The number of aromatic hydroxyl groups is 1. The molecule has 2 aliphatic rings. The van der Waals surface area contributed by atoms with E-state index in [1.54, 1.807) is 18.2 Å². The lowest BCUT2D eigenvalue weighted by molar-refractivity contribution is -0.140. The zero-order valence-corrected chi connectivity index (χ0v) is 20.0. The number of ether oxygens (including phenoxy) is 2. The summed E-state index contributed by atoms with van der Waals surface area (Å²) in [5.74, 6) is -1.08. The van der Waals surface area contributed by atoms with Gasteiger partial charge in [0.2, 0.25) is 0 Å². The average molecular weight is 482 g/mol. The van der Waals surface area contributed by atoms with Crippen molar-refractivity contribution in [2.75, 3.05) is 19.8 Å². The Labute approximate surface area is 204 Å². The van der Waals surface area contributed by atoms with E-state index >= 15 is 0 Å². The van der Waals surface area contributed by atoms with E-state index < -0.39 is 11.9 Å². The Hall–Kier alpha value is -3.09. The maximum atomic E-state index is 13.5. The standard InChI is InChI=1S/C27H28ClNO5/c1-3-33-11-12-34-27(32)24-16(2)29-22-14-19(17-7-9-20(28)10-8-17)15-23(31)26(22)25(24)18-5-4-6-21(30)13-18/h4-10,13,19,25,29-30H,3,11-12,14-15H2,1-2H3/t19-,25+/m1/s1. The molecular weight excluding hydrogens is 454 g/mol. The lowest BCUT2D eigenvalue weighted by Crippen LogP contribution is -2.36. The van der Waals surface area contributed by atoms with Gasteiger partial charge in [0, 0.05) is 40.9 Å². The van der Waals surface area contributed by atoms with Crippen molar-refractivity contribution < 1.29 is 24.2 Å². The van der Waals surface area contributed by atoms with Crippen molar-refractivity contribution in [1.82, 2.24) is 5.32 Å². The van der Waals surface area contributed by atoms with Gasteiger partial charge in [0.25, 0.3) is 0 Å². The molecule has 0 saturated heterocycles. The summed E-state index contributed by atoms with van der Waals surface area (Å²) >= 11 is 6.04. The van der Waals surface area contributed by atoms with Gasteiger partial charge in [-0.3, -0.25) is 4.79 Å². The quantitative estimate of drug-likeness (QED) is 0.428. The number of Topliss-reactive ketones (excluding diaryl/α,β-unsaturated/α-hetero) is 1. The van der Waals surface area contributed by atoms with Crippen LogP contribution >= 0.6 is 11.6 Å². The van der Waals surface area contributed by atoms with Crippen LogP contribution in [0.5, 0.6) is 5.75 Å². The molecule has 1 heterocycles. The summed E-state index contributed by atoms with van der Waals surface area (Å²) in [7, 11) is 0. The highest BCUT2D eigenvalue weighted by Gasteiger charge is 2.41. The van der Waals surface area contributed by atoms with Crippen molar-refractivity contribution in [3.63, 3.8) is 0 Å². The van der Waals surface area contributed by atoms with Gasteiger partial charge in [-0.05, 0) is 61.6 Å². The molecule has 2 aromatic carbocycles. The molecule has 1 aliphatic heterocycles. The maximum Gasteiger partial charge on any atom is 0.336 e. The number of ketones is 1. The van der Waals surface area contributed by atoms with Gasteiger partial charge in [0.05, 0.1) is 12.2 Å². The third-order valence-corrected chi connectivity index (χ3v) is 6.51. The first-order valence-corrected chi connectivity index (χ1v) is 11.8. The molecule has 0 bridgehead atoms. The van der Waals surface area contributed by atoms with E-state index in [9.17, 15) is 14.7 Å². The van der Waals surface area contributed by atoms with Gasteiger partial charge in [0.15, 0.2) is 5.78 Å². The summed E-state index contributed by atoms with van der Waals surface area (Å²) in [5.41, 5.74) is 4.08. The third-order valence-electron chi connectivity index (χ3n) is 6.26. The Morgan fingerprint density at radius 3 is 2.59 bits per heavy atom. The van der Waals surface area contributed by atoms with Crippen LogP contribution in [0.25, 0.3) is 0 Å². The summed E-state index contributed by atoms with van der Waals surface area (Å²) in [6.45, 7) is 4.64. The fourth-order valence-corrected chi connectivity index (χ4v) is 4.86. The molecular formula is C27H28ClNO5. The van der Waals surface area contributed by atoms with E-state index in [0.29, 0.717) is 53.5 Å². The fourth-order valence-electron chi connectivity index (χ4n) is 4.73. The monoisotopic (exact) mass is 481 g/mol. The maximum absolute atomic E-state index is 13.5. The number of allylic oxidation sites excluding steroid dienone is 3. The number of nitrogens with one attached hydrogen (secondary N) is 1. The molecule has 2 atom stereocenters. The number of dihydropyridines is 1. The van der Waals surface area contributed by atoms with E-state index in [2.05, 4.69) is 5.32 Å². The van der Waals surface area contributed by atoms with Gasteiger partial charge >= 0.3 is 5.97 Å². The van der Waals surface area contributed by atoms with Crippen LogP contribution in [0, 0.1) is 0 Å². The summed E-state index contributed by atoms with van der Waals surface area (Å²) in [4.78, 5) is 26.7. The molecule has 7 heteroatoms. The third kappa shape index (κ3) is 5.03. The molecule has 1 aliphatic carbocycles. The summed E-state index contributed by atoms with van der Waals surface area (Å²) in [5, 5.41) is 14.1. The zero-order valence-electron chi connectivity index (χ0n) is 19.3. The van der Waals surface area contributed by atoms with Crippen LogP contribution in [0.2, 0.25) is 5.02 Å². The summed E-state index contributed by atoms with van der Waals surface area (Å²) in [6.07, 6.45) is 0.950. The molecule has 34 heavy (non-hydrogen) atoms. The number of rotatable bonds is 7. The molecule has 4 rings (SSSR count). The molecule has 0 saturated carbocycles. The predicted molar refractivity (Wildman–Crippen MR) is 130 cm³/mol. The van der Waals surface area contributed by atoms with Crippen molar-refractivity contribution in [2.45, 2.75) is 38.5 Å². The smallest absolute Gasteiger partial charge is 0.336 e. The second-order valence-electron chi connectivity index (χ2n) is 8.50. The molecule has 2 aromatic rings. The Morgan fingerprint density at radius 2 is 1.88 bits per heavy atom. The molecule has 0 aromatic heterocycles. The van der Waals surface area contributed by atoms with E-state index in [-0.39, 0.29) is 24.1 Å². The normalized spacial score (nSPS) is 20.1. The first kappa shape index (κ1) is 24.0. The molecule has 0 fully saturated rings. The van der Waals surface area contributed by atoms with Gasteiger partial charge in [-0.2, -0.15) is 0 Å². The topological polar surface area (TPSA) is 84.9 Å². The number of hydrogen-bond donors (Lipinski definition) is 2. The van der Waals surface area contributed by atoms with Gasteiger partial charge in [-0.25, -0.2) is 4.79 Å². The highest BCUT2D eigenvalue weighted by molar-refractivity contribution is 6.30.